The summed E-state index contributed by atoms with van der Waals surface area (Å²) in [6.07, 6.45) is 6.30. The molecule has 4 aliphatic carbocycles. The van der Waals surface area contributed by atoms with E-state index in [1.165, 1.54) is 24.5 Å². The number of likely N-dealkylation sites (tertiary alicyclic amines) is 1. The van der Waals surface area contributed by atoms with Crippen molar-refractivity contribution in [3.63, 3.8) is 0 Å². The molecule has 0 aromatic heterocycles. The zero-order valence-corrected chi connectivity index (χ0v) is 26.2. The van der Waals surface area contributed by atoms with Gasteiger partial charge in [-0.25, -0.2) is 4.79 Å². The van der Waals surface area contributed by atoms with E-state index < -0.39 is 59.4 Å². The van der Waals surface area contributed by atoms with Gasteiger partial charge in [0, 0.05) is 38.1 Å². The predicted molar refractivity (Wildman–Crippen MR) is 155 cm³/mol. The number of ketones is 2. The van der Waals surface area contributed by atoms with E-state index in [1.54, 1.807) is 0 Å². The van der Waals surface area contributed by atoms with E-state index in [2.05, 4.69) is 6.92 Å². The zero-order valence-electron chi connectivity index (χ0n) is 26.2. The van der Waals surface area contributed by atoms with Gasteiger partial charge in [-0.15, -0.1) is 0 Å². The maximum atomic E-state index is 13.9. The van der Waals surface area contributed by atoms with E-state index in [4.69, 9.17) is 14.2 Å². The van der Waals surface area contributed by atoms with Crippen LogP contribution in [0.25, 0.3) is 0 Å². The monoisotopic (exact) mass is 615 g/mol. The lowest BCUT2D eigenvalue weighted by atomic mass is 9.46. The number of rotatable bonds is 8. The molecule has 1 heterocycles. The first kappa shape index (κ1) is 32.3. The Morgan fingerprint density at radius 2 is 1.73 bits per heavy atom. The Morgan fingerprint density at radius 3 is 2.43 bits per heavy atom. The Hall–Kier alpha value is -3.08. The van der Waals surface area contributed by atoms with Crippen molar-refractivity contribution in [2.24, 2.45) is 28.6 Å². The number of aliphatic hydroxyl groups excluding tert-OH is 1. The number of allylic oxidation sites excluding steroid dienone is 1. The second-order valence-electron chi connectivity index (χ2n) is 13.9. The van der Waals surface area contributed by atoms with Gasteiger partial charge < -0.3 is 24.2 Å². The third kappa shape index (κ3) is 5.39. The number of hydrogen-bond donors (Lipinski definition) is 1. The number of esters is 3. The van der Waals surface area contributed by atoms with Crippen LogP contribution in [0.3, 0.4) is 0 Å². The topological polar surface area (TPSA) is 154 Å². The van der Waals surface area contributed by atoms with Gasteiger partial charge in [0.05, 0.1) is 19.6 Å². The number of nitrogens with zero attached hydrogens (tertiary/aromatic N) is 1. The standard InChI is InChI=1S/C33H45NO10/c1-19(35)44-33(27(38)18-43-29(40)8-7-28(39)34-17-22(37)16-26(34)30(41)42-4)14-11-25-23-6-5-20-15-21(36)9-12-31(20,2)24(23)10-13-32(25,33)3/h15,22-26,37H,5-14,16-18H2,1-4H3/t22-,23-,24+,25+,26-,31+,32+,33+/m1/s1. The molecule has 11 heteroatoms. The number of aliphatic hydroxyl groups is 1. The molecule has 1 aliphatic heterocycles. The van der Waals surface area contributed by atoms with Gasteiger partial charge in [-0.2, -0.15) is 0 Å². The highest BCUT2D eigenvalue weighted by molar-refractivity contribution is 5.94. The molecule has 242 valence electrons. The molecule has 0 radical (unpaired) electrons. The fourth-order valence-electron chi connectivity index (χ4n) is 9.62. The van der Waals surface area contributed by atoms with Crippen LogP contribution in [0.2, 0.25) is 0 Å². The van der Waals surface area contributed by atoms with Crippen molar-refractivity contribution in [2.45, 2.75) is 109 Å². The largest absolute Gasteiger partial charge is 0.467 e. The Balaban J connectivity index is 1.25. The van der Waals surface area contributed by atoms with Gasteiger partial charge in [0.15, 0.2) is 18.0 Å². The number of ether oxygens (including phenoxy) is 3. The number of carbonyl (C=O) groups is 6. The minimum atomic E-state index is -1.41. The van der Waals surface area contributed by atoms with Gasteiger partial charge in [-0.1, -0.05) is 19.4 Å². The smallest absolute Gasteiger partial charge is 0.328 e. The van der Waals surface area contributed by atoms with Crippen molar-refractivity contribution in [1.82, 2.24) is 4.90 Å². The Bertz CT molecular complexity index is 1270. The maximum absolute atomic E-state index is 13.9. The number of fused-ring (bicyclic) bond motifs is 5. The summed E-state index contributed by atoms with van der Waals surface area (Å²) in [5.74, 6) is -1.82. The normalized spacial score (nSPS) is 37.7. The SMILES string of the molecule is COC(=O)[C@H]1C[C@@H](O)CN1C(=O)CCC(=O)OCC(=O)[C@@]1(OC(C)=O)CC[C@H]2[C@@H]3CCC4=CC(=O)CC[C@]4(C)[C@H]3CC[C@@]21C. The first-order valence-electron chi connectivity index (χ1n) is 15.9. The molecule has 1 saturated heterocycles. The molecule has 1 amide bonds. The van der Waals surface area contributed by atoms with E-state index in [-0.39, 0.29) is 42.9 Å². The summed E-state index contributed by atoms with van der Waals surface area (Å²) in [5.41, 5.74) is -0.818. The maximum Gasteiger partial charge on any atom is 0.328 e. The van der Waals surface area contributed by atoms with Crippen molar-refractivity contribution in [3.8, 4) is 0 Å². The van der Waals surface area contributed by atoms with Gasteiger partial charge in [-0.3, -0.25) is 24.0 Å². The molecule has 5 rings (SSSR count). The van der Waals surface area contributed by atoms with Crippen LogP contribution in [0.5, 0.6) is 0 Å². The predicted octanol–water partition coefficient (Wildman–Crippen LogP) is 2.85. The summed E-state index contributed by atoms with van der Waals surface area (Å²) < 4.78 is 16.0. The summed E-state index contributed by atoms with van der Waals surface area (Å²) in [4.78, 5) is 77.2. The zero-order chi connectivity index (χ0) is 32.0. The highest BCUT2D eigenvalue weighted by Gasteiger charge is 2.68. The first-order valence-corrected chi connectivity index (χ1v) is 15.9. The van der Waals surface area contributed by atoms with Crippen molar-refractivity contribution in [2.75, 3.05) is 20.3 Å². The third-order valence-electron chi connectivity index (χ3n) is 11.8. The molecular formula is C33H45NO10. The van der Waals surface area contributed by atoms with E-state index in [0.717, 1.165) is 32.1 Å². The summed E-state index contributed by atoms with van der Waals surface area (Å²) in [5, 5.41) is 9.94. The highest BCUT2D eigenvalue weighted by atomic mass is 16.6. The summed E-state index contributed by atoms with van der Waals surface area (Å²) in [6, 6.07) is -0.912. The molecule has 8 atom stereocenters. The van der Waals surface area contributed by atoms with Gasteiger partial charge >= 0.3 is 17.9 Å². The van der Waals surface area contributed by atoms with Gasteiger partial charge in [0.1, 0.15) is 6.04 Å². The average molecular weight is 616 g/mol. The van der Waals surface area contributed by atoms with E-state index in [0.29, 0.717) is 31.1 Å². The second kappa shape index (κ2) is 12.0. The molecule has 5 aliphatic rings. The highest BCUT2D eigenvalue weighted by Crippen LogP contribution is 2.68. The van der Waals surface area contributed by atoms with Crippen LogP contribution < -0.4 is 0 Å². The minimum absolute atomic E-state index is 0.0342. The molecule has 0 aromatic carbocycles. The Morgan fingerprint density at radius 1 is 1.00 bits per heavy atom. The van der Waals surface area contributed by atoms with Crippen molar-refractivity contribution in [1.29, 1.82) is 0 Å². The van der Waals surface area contributed by atoms with Crippen molar-refractivity contribution < 1.29 is 48.1 Å². The number of hydrogen-bond acceptors (Lipinski definition) is 10. The van der Waals surface area contributed by atoms with E-state index in [1.807, 2.05) is 13.0 Å². The van der Waals surface area contributed by atoms with Crippen LogP contribution in [0.4, 0.5) is 0 Å². The van der Waals surface area contributed by atoms with Crippen LogP contribution in [0.1, 0.15) is 91.4 Å². The molecule has 0 bridgehead atoms. The van der Waals surface area contributed by atoms with Crippen molar-refractivity contribution >= 4 is 35.4 Å². The molecule has 0 unspecified atom stereocenters. The van der Waals surface area contributed by atoms with Gasteiger partial charge in [-0.05, 0) is 74.2 Å². The van der Waals surface area contributed by atoms with Crippen molar-refractivity contribution in [3.05, 3.63) is 11.6 Å². The van der Waals surface area contributed by atoms with Crippen LogP contribution >= 0.6 is 0 Å². The number of Topliss-reactive ketones (excluding diaryl/α,β-unsaturated/α-hetero) is 1. The lowest BCUT2D eigenvalue weighted by Gasteiger charge is -2.59. The number of amides is 1. The van der Waals surface area contributed by atoms with E-state index in [9.17, 15) is 33.9 Å². The lowest BCUT2D eigenvalue weighted by Crippen LogP contribution is -2.59. The van der Waals surface area contributed by atoms with Crippen LogP contribution in [0, 0.1) is 28.6 Å². The molecule has 1 N–H and O–H groups in total. The average Bonchev–Trinajstić information content (AvgIpc) is 3.52. The number of carbonyl (C=O) groups excluding carboxylic acids is 6. The number of methoxy groups -OCH3 is 1. The molecule has 3 saturated carbocycles. The van der Waals surface area contributed by atoms with Crippen LogP contribution in [0.15, 0.2) is 11.6 Å². The van der Waals surface area contributed by atoms with Crippen LogP contribution in [-0.2, 0) is 43.0 Å². The third-order valence-corrected chi connectivity index (χ3v) is 11.8. The molecule has 4 fully saturated rings. The second-order valence-corrected chi connectivity index (χ2v) is 13.9. The summed E-state index contributed by atoms with van der Waals surface area (Å²) in [7, 11) is 1.20. The quantitative estimate of drug-likeness (QED) is 0.319. The summed E-state index contributed by atoms with van der Waals surface area (Å²) >= 11 is 0. The molecule has 0 spiro atoms. The molecular weight excluding hydrogens is 570 g/mol. The Labute approximate surface area is 258 Å². The number of β-amino-alcohol motifs (C(OH)–C–C–N with tert-alkyl or cyclic N) is 1. The van der Waals surface area contributed by atoms with Gasteiger partial charge in [0.2, 0.25) is 11.7 Å². The lowest BCUT2D eigenvalue weighted by molar-refractivity contribution is -0.191. The minimum Gasteiger partial charge on any atom is -0.467 e. The fraction of sp³-hybridized carbons (Fsp3) is 0.758. The molecule has 0 aromatic rings. The first-order chi connectivity index (χ1) is 20.8. The molecule has 44 heavy (non-hydrogen) atoms. The summed E-state index contributed by atoms with van der Waals surface area (Å²) in [6.45, 7) is 5.02. The molecule has 11 nitrogen and oxygen atoms in total. The van der Waals surface area contributed by atoms with E-state index >= 15 is 0 Å². The van der Waals surface area contributed by atoms with Gasteiger partial charge in [0.25, 0.3) is 0 Å². The van der Waals surface area contributed by atoms with Crippen LogP contribution in [-0.4, -0.2) is 83.4 Å². The fourth-order valence-corrected chi connectivity index (χ4v) is 9.62. The Kier molecular flexibility index (Phi) is 8.83.